The number of allylic oxidation sites excluding steroid dienone is 4. The number of carbonyl (C=O) groups is 1. The first-order valence-electron chi connectivity index (χ1n) is 2.73. The average Bonchev–Trinajstić information content (AvgIpc) is 1.99. The lowest BCUT2D eigenvalue weighted by Crippen LogP contribution is -2.25. The Balaban J connectivity index is 3.25. The standard InChI is InChI=1S/C6HF5O/c7-3-1-2(12)4(8)5(9)6(3,10)11/h1H. The SMILES string of the molecule is O=C1C=C(F)C(F)(F)C(F)=C1F. The van der Waals surface area contributed by atoms with Crippen LogP contribution in [0.1, 0.15) is 0 Å². The molecule has 0 atom stereocenters. The molecule has 1 aliphatic rings. The van der Waals surface area contributed by atoms with Gasteiger partial charge >= 0.3 is 5.92 Å². The minimum atomic E-state index is -4.64. The third kappa shape index (κ3) is 1.03. The highest BCUT2D eigenvalue weighted by Gasteiger charge is 2.48. The summed E-state index contributed by atoms with van der Waals surface area (Å²) < 4.78 is 60.6. The van der Waals surface area contributed by atoms with Gasteiger partial charge in [0.1, 0.15) is 0 Å². The number of hydrogen-bond acceptors (Lipinski definition) is 1. The van der Waals surface area contributed by atoms with Crippen molar-refractivity contribution in [1.29, 1.82) is 0 Å². The van der Waals surface area contributed by atoms with Crippen LogP contribution in [0.4, 0.5) is 22.0 Å². The number of alkyl halides is 2. The Bertz CT molecular complexity index is 301. The molecule has 0 aliphatic heterocycles. The number of rotatable bonds is 0. The van der Waals surface area contributed by atoms with Gasteiger partial charge in [-0.25, -0.2) is 8.78 Å². The highest BCUT2D eigenvalue weighted by atomic mass is 19.3. The van der Waals surface area contributed by atoms with Crippen molar-refractivity contribution in [2.24, 2.45) is 0 Å². The van der Waals surface area contributed by atoms with Crippen LogP contribution in [0, 0.1) is 0 Å². The first-order valence-corrected chi connectivity index (χ1v) is 2.73. The van der Waals surface area contributed by atoms with Gasteiger partial charge in [-0.1, -0.05) is 0 Å². The maximum Gasteiger partial charge on any atom is 0.352 e. The maximum atomic E-state index is 12.1. The summed E-state index contributed by atoms with van der Waals surface area (Å²) in [7, 11) is 0. The number of ketones is 1. The molecule has 0 amide bonds. The quantitative estimate of drug-likeness (QED) is 0.527. The molecule has 0 aromatic rings. The van der Waals surface area contributed by atoms with Gasteiger partial charge in [0, 0.05) is 6.08 Å². The van der Waals surface area contributed by atoms with Gasteiger partial charge in [-0.3, -0.25) is 4.79 Å². The van der Waals surface area contributed by atoms with Gasteiger partial charge in [-0.2, -0.15) is 13.2 Å². The number of carbonyl (C=O) groups excluding carboxylic acids is 1. The molecule has 0 heterocycles. The molecule has 66 valence electrons. The van der Waals surface area contributed by atoms with Crippen LogP contribution in [0.3, 0.4) is 0 Å². The summed E-state index contributed by atoms with van der Waals surface area (Å²) in [6.45, 7) is 0. The topological polar surface area (TPSA) is 17.1 Å². The fourth-order valence-corrected chi connectivity index (χ4v) is 0.620. The lowest BCUT2D eigenvalue weighted by molar-refractivity contribution is -0.114. The maximum absolute atomic E-state index is 12.1. The molecule has 12 heavy (non-hydrogen) atoms. The van der Waals surface area contributed by atoms with Gasteiger partial charge in [0.2, 0.25) is 17.4 Å². The van der Waals surface area contributed by atoms with E-state index in [4.69, 9.17) is 0 Å². The smallest absolute Gasteiger partial charge is 0.286 e. The van der Waals surface area contributed by atoms with E-state index in [0.717, 1.165) is 0 Å². The van der Waals surface area contributed by atoms with Crippen LogP contribution in [-0.4, -0.2) is 11.7 Å². The fourth-order valence-electron chi connectivity index (χ4n) is 0.620. The summed E-state index contributed by atoms with van der Waals surface area (Å²) in [5, 5.41) is 0. The van der Waals surface area contributed by atoms with Gasteiger partial charge in [0.25, 0.3) is 0 Å². The Morgan fingerprint density at radius 1 is 1.17 bits per heavy atom. The Labute approximate surface area is 63.2 Å². The van der Waals surface area contributed by atoms with Crippen molar-refractivity contribution in [1.82, 2.24) is 0 Å². The zero-order valence-corrected chi connectivity index (χ0v) is 5.38. The van der Waals surface area contributed by atoms with E-state index in [1.165, 1.54) is 0 Å². The summed E-state index contributed by atoms with van der Waals surface area (Å²) in [6.07, 6.45) is -0.279. The Hall–Kier alpha value is -1.20. The molecule has 0 unspecified atom stereocenters. The third-order valence-corrected chi connectivity index (χ3v) is 1.24. The second-order valence-electron chi connectivity index (χ2n) is 2.06. The molecule has 1 nitrogen and oxygen atoms in total. The summed E-state index contributed by atoms with van der Waals surface area (Å²) in [6, 6.07) is 0. The highest BCUT2D eigenvalue weighted by Crippen LogP contribution is 2.39. The predicted molar refractivity (Wildman–Crippen MR) is 28.4 cm³/mol. The van der Waals surface area contributed by atoms with Crippen LogP contribution in [0.5, 0.6) is 0 Å². The van der Waals surface area contributed by atoms with Crippen molar-refractivity contribution in [2.45, 2.75) is 5.92 Å². The van der Waals surface area contributed by atoms with E-state index in [2.05, 4.69) is 0 Å². The fraction of sp³-hybridized carbons (Fsp3) is 0.167. The molecular weight excluding hydrogens is 183 g/mol. The van der Waals surface area contributed by atoms with Crippen molar-refractivity contribution in [3.8, 4) is 0 Å². The molecule has 0 saturated heterocycles. The van der Waals surface area contributed by atoms with E-state index in [1.54, 1.807) is 0 Å². The van der Waals surface area contributed by atoms with Gasteiger partial charge in [-0.05, 0) is 0 Å². The van der Waals surface area contributed by atoms with E-state index >= 15 is 0 Å². The van der Waals surface area contributed by atoms with Gasteiger partial charge in [0.15, 0.2) is 5.83 Å². The van der Waals surface area contributed by atoms with E-state index in [1.807, 2.05) is 0 Å². The molecular formula is C6HF5O. The molecule has 0 fully saturated rings. The first-order chi connectivity index (χ1) is 5.37. The highest BCUT2D eigenvalue weighted by molar-refractivity contribution is 6.04. The van der Waals surface area contributed by atoms with E-state index in [-0.39, 0.29) is 6.08 Å². The first kappa shape index (κ1) is 8.89. The lowest BCUT2D eigenvalue weighted by atomic mass is 10.1. The largest absolute Gasteiger partial charge is 0.352 e. The second kappa shape index (κ2) is 2.40. The van der Waals surface area contributed by atoms with Crippen LogP contribution in [-0.2, 0) is 4.79 Å². The Kier molecular flexibility index (Phi) is 1.78. The van der Waals surface area contributed by atoms with Crippen molar-refractivity contribution >= 4 is 5.78 Å². The molecule has 0 radical (unpaired) electrons. The van der Waals surface area contributed by atoms with Crippen molar-refractivity contribution in [3.05, 3.63) is 23.6 Å². The summed E-state index contributed by atoms with van der Waals surface area (Å²) in [5.41, 5.74) is 0. The van der Waals surface area contributed by atoms with E-state index in [0.29, 0.717) is 0 Å². The monoisotopic (exact) mass is 184 g/mol. The molecule has 0 N–H and O–H groups in total. The molecule has 0 bridgehead atoms. The van der Waals surface area contributed by atoms with E-state index < -0.39 is 29.2 Å². The Morgan fingerprint density at radius 3 is 2.17 bits per heavy atom. The zero-order chi connectivity index (χ0) is 9.52. The number of hydrogen-bond donors (Lipinski definition) is 0. The summed E-state index contributed by atoms with van der Waals surface area (Å²) >= 11 is 0. The molecule has 1 aliphatic carbocycles. The molecule has 1 rings (SSSR count). The molecule has 6 heteroatoms. The van der Waals surface area contributed by atoms with Crippen LogP contribution in [0.2, 0.25) is 0 Å². The third-order valence-electron chi connectivity index (χ3n) is 1.24. The normalized spacial score (nSPS) is 22.8. The van der Waals surface area contributed by atoms with Gasteiger partial charge < -0.3 is 0 Å². The molecule has 0 saturated carbocycles. The summed E-state index contributed by atoms with van der Waals surface area (Å²) in [5.74, 6) is -13.6. The second-order valence-corrected chi connectivity index (χ2v) is 2.06. The van der Waals surface area contributed by atoms with Crippen molar-refractivity contribution in [2.75, 3.05) is 0 Å². The van der Waals surface area contributed by atoms with Crippen molar-refractivity contribution in [3.63, 3.8) is 0 Å². The molecule has 0 aromatic heterocycles. The summed E-state index contributed by atoms with van der Waals surface area (Å²) in [4.78, 5) is 10.2. The van der Waals surface area contributed by atoms with Crippen LogP contribution in [0.25, 0.3) is 0 Å². The number of halogens is 5. The molecule has 0 aromatic carbocycles. The minimum absolute atomic E-state index is 0.279. The van der Waals surface area contributed by atoms with Gasteiger partial charge in [0.05, 0.1) is 0 Å². The predicted octanol–water partition coefficient (Wildman–Crippen LogP) is 2.21. The van der Waals surface area contributed by atoms with Crippen molar-refractivity contribution < 1.29 is 26.7 Å². The van der Waals surface area contributed by atoms with Crippen LogP contribution < -0.4 is 0 Å². The average molecular weight is 184 g/mol. The lowest BCUT2D eigenvalue weighted by Gasteiger charge is -2.15. The van der Waals surface area contributed by atoms with Crippen LogP contribution >= 0.6 is 0 Å². The molecule has 0 spiro atoms. The Morgan fingerprint density at radius 2 is 1.67 bits per heavy atom. The van der Waals surface area contributed by atoms with E-state index in [9.17, 15) is 26.7 Å². The van der Waals surface area contributed by atoms with Gasteiger partial charge in [-0.15, -0.1) is 0 Å². The van der Waals surface area contributed by atoms with Crippen LogP contribution in [0.15, 0.2) is 23.6 Å². The minimum Gasteiger partial charge on any atom is -0.286 e. The zero-order valence-electron chi connectivity index (χ0n) is 5.38.